The molecule has 0 heterocycles. The first kappa shape index (κ1) is 11.8. The Labute approximate surface area is 78.6 Å². The van der Waals surface area contributed by atoms with Crippen LogP contribution in [0.5, 0.6) is 0 Å². The van der Waals surface area contributed by atoms with Crippen LogP contribution in [-0.2, 0) is 9.59 Å². The minimum atomic E-state index is -0.543. The Morgan fingerprint density at radius 3 is 2.31 bits per heavy atom. The van der Waals surface area contributed by atoms with Crippen LogP contribution in [0.15, 0.2) is 12.3 Å². The predicted molar refractivity (Wildman–Crippen MR) is 51.4 cm³/mol. The van der Waals surface area contributed by atoms with E-state index in [1.165, 1.54) is 6.92 Å². The fraction of sp³-hybridized carbons (Fsp3) is 0.556. The highest BCUT2D eigenvalue weighted by Gasteiger charge is 2.11. The molecule has 4 nitrogen and oxygen atoms in total. The van der Waals surface area contributed by atoms with E-state index in [0.29, 0.717) is 6.54 Å². The van der Waals surface area contributed by atoms with Gasteiger partial charge < -0.3 is 10.2 Å². The highest BCUT2D eigenvalue weighted by Crippen LogP contribution is 1.88. The van der Waals surface area contributed by atoms with Gasteiger partial charge in [-0.2, -0.15) is 0 Å². The lowest BCUT2D eigenvalue weighted by Crippen LogP contribution is -2.30. The number of ketones is 2. The summed E-state index contributed by atoms with van der Waals surface area (Å²) >= 11 is 0. The lowest BCUT2D eigenvalue weighted by molar-refractivity contribution is -0.133. The summed E-state index contributed by atoms with van der Waals surface area (Å²) in [7, 11) is 3.86. The van der Waals surface area contributed by atoms with Crippen LogP contribution in [0, 0.1) is 0 Å². The van der Waals surface area contributed by atoms with Gasteiger partial charge in [0.1, 0.15) is 0 Å². The Hall–Kier alpha value is -1.16. The van der Waals surface area contributed by atoms with Crippen molar-refractivity contribution in [3.63, 3.8) is 0 Å². The van der Waals surface area contributed by atoms with E-state index >= 15 is 0 Å². The Balaban J connectivity index is 3.76. The van der Waals surface area contributed by atoms with Gasteiger partial charge in [0.15, 0.2) is 0 Å². The molecule has 0 aliphatic heterocycles. The highest BCUT2D eigenvalue weighted by atomic mass is 16.2. The second-order valence-electron chi connectivity index (χ2n) is 3.09. The van der Waals surface area contributed by atoms with Crippen molar-refractivity contribution < 1.29 is 9.59 Å². The summed E-state index contributed by atoms with van der Waals surface area (Å²) in [5.41, 5.74) is 0.175. The quantitative estimate of drug-likeness (QED) is 0.459. The first-order chi connectivity index (χ1) is 5.95. The fourth-order valence-electron chi connectivity index (χ4n) is 0.723. The molecule has 0 atom stereocenters. The second-order valence-corrected chi connectivity index (χ2v) is 3.09. The summed E-state index contributed by atoms with van der Waals surface area (Å²) in [5.74, 6) is -1.03. The van der Waals surface area contributed by atoms with E-state index in [0.717, 1.165) is 6.54 Å². The third kappa shape index (κ3) is 5.14. The van der Waals surface area contributed by atoms with Crippen molar-refractivity contribution in [1.82, 2.24) is 10.2 Å². The lowest BCUT2D eigenvalue weighted by Gasteiger charge is -2.11. The van der Waals surface area contributed by atoms with Crippen molar-refractivity contribution >= 4 is 11.6 Å². The number of hydrogen-bond donors (Lipinski definition) is 1. The lowest BCUT2D eigenvalue weighted by atomic mass is 10.2. The standard InChI is InChI=1S/C9H16N2O2/c1-7(9(13)8(2)12)10-5-6-11(3)4/h10H,1,5-6H2,2-4H3. The molecule has 0 aromatic carbocycles. The van der Waals surface area contributed by atoms with Crippen molar-refractivity contribution in [3.05, 3.63) is 12.3 Å². The number of likely N-dealkylation sites (N-methyl/N-ethyl adjacent to an activating group) is 1. The average Bonchev–Trinajstić information content (AvgIpc) is 2.02. The zero-order valence-electron chi connectivity index (χ0n) is 8.39. The molecule has 0 fully saturated rings. The molecule has 0 spiro atoms. The molecule has 0 aromatic rings. The molecule has 1 N–H and O–H groups in total. The first-order valence-electron chi connectivity index (χ1n) is 4.08. The molecule has 74 valence electrons. The number of hydrogen-bond acceptors (Lipinski definition) is 4. The average molecular weight is 184 g/mol. The van der Waals surface area contributed by atoms with E-state index in [-0.39, 0.29) is 5.70 Å². The summed E-state index contributed by atoms with van der Waals surface area (Å²) in [4.78, 5) is 23.6. The number of nitrogens with zero attached hydrogens (tertiary/aromatic N) is 1. The maximum Gasteiger partial charge on any atom is 0.243 e. The summed E-state index contributed by atoms with van der Waals surface area (Å²) in [6.07, 6.45) is 0. The number of nitrogens with one attached hydrogen (secondary N) is 1. The largest absolute Gasteiger partial charge is 0.381 e. The Morgan fingerprint density at radius 2 is 1.92 bits per heavy atom. The van der Waals surface area contributed by atoms with Gasteiger partial charge >= 0.3 is 0 Å². The van der Waals surface area contributed by atoms with E-state index < -0.39 is 11.6 Å². The van der Waals surface area contributed by atoms with Gasteiger partial charge in [-0.25, -0.2) is 0 Å². The van der Waals surface area contributed by atoms with Gasteiger partial charge in [-0.15, -0.1) is 0 Å². The maximum atomic E-state index is 11.0. The molecular weight excluding hydrogens is 168 g/mol. The third-order valence-electron chi connectivity index (χ3n) is 1.49. The molecule has 13 heavy (non-hydrogen) atoms. The maximum absolute atomic E-state index is 11.0. The molecule has 0 rings (SSSR count). The molecule has 0 unspecified atom stereocenters. The number of carbonyl (C=O) groups excluding carboxylic acids is 2. The summed E-state index contributed by atoms with van der Waals surface area (Å²) in [6.45, 7) is 6.12. The SMILES string of the molecule is C=C(NCCN(C)C)C(=O)C(C)=O. The van der Waals surface area contributed by atoms with Crippen LogP contribution in [0.2, 0.25) is 0 Å². The van der Waals surface area contributed by atoms with E-state index in [1.54, 1.807) is 0 Å². The minimum Gasteiger partial charge on any atom is -0.381 e. The third-order valence-corrected chi connectivity index (χ3v) is 1.49. The molecule has 0 aliphatic carbocycles. The Bertz CT molecular complexity index is 222. The van der Waals surface area contributed by atoms with Crippen molar-refractivity contribution in [1.29, 1.82) is 0 Å². The molecule has 0 bridgehead atoms. The van der Waals surface area contributed by atoms with Crippen LogP contribution in [0.1, 0.15) is 6.92 Å². The number of carbonyl (C=O) groups is 2. The molecular formula is C9H16N2O2. The van der Waals surface area contributed by atoms with Crippen LogP contribution in [0.4, 0.5) is 0 Å². The van der Waals surface area contributed by atoms with E-state index in [4.69, 9.17) is 0 Å². The summed E-state index contributed by atoms with van der Waals surface area (Å²) in [5, 5.41) is 2.79. The van der Waals surface area contributed by atoms with Crippen LogP contribution >= 0.6 is 0 Å². The zero-order valence-corrected chi connectivity index (χ0v) is 8.39. The van der Waals surface area contributed by atoms with Crippen LogP contribution < -0.4 is 5.32 Å². The number of Topliss-reactive ketones (excluding diaryl/α,β-unsaturated/α-hetero) is 2. The predicted octanol–water partition coefficient (Wildman–Crippen LogP) is -0.191. The van der Waals surface area contributed by atoms with Crippen LogP contribution in [-0.4, -0.2) is 43.7 Å². The molecule has 0 saturated carbocycles. The Morgan fingerprint density at radius 1 is 1.38 bits per heavy atom. The summed E-state index contributed by atoms with van der Waals surface area (Å²) < 4.78 is 0. The van der Waals surface area contributed by atoms with Crippen molar-refractivity contribution in [2.45, 2.75) is 6.92 Å². The van der Waals surface area contributed by atoms with Crippen molar-refractivity contribution in [2.24, 2.45) is 0 Å². The molecule has 0 aliphatic rings. The van der Waals surface area contributed by atoms with Gasteiger partial charge in [0.25, 0.3) is 0 Å². The van der Waals surface area contributed by atoms with E-state index in [9.17, 15) is 9.59 Å². The molecule has 0 radical (unpaired) electrons. The normalized spacial score (nSPS) is 9.85. The van der Waals surface area contributed by atoms with E-state index in [1.807, 2.05) is 19.0 Å². The van der Waals surface area contributed by atoms with Crippen LogP contribution in [0.25, 0.3) is 0 Å². The van der Waals surface area contributed by atoms with Gasteiger partial charge in [-0.1, -0.05) is 6.58 Å². The van der Waals surface area contributed by atoms with Gasteiger partial charge in [0, 0.05) is 20.0 Å². The smallest absolute Gasteiger partial charge is 0.243 e. The monoisotopic (exact) mass is 184 g/mol. The summed E-state index contributed by atoms with van der Waals surface area (Å²) in [6, 6.07) is 0. The first-order valence-corrected chi connectivity index (χ1v) is 4.08. The van der Waals surface area contributed by atoms with Gasteiger partial charge in [-0.3, -0.25) is 9.59 Å². The minimum absolute atomic E-state index is 0.175. The van der Waals surface area contributed by atoms with Gasteiger partial charge in [-0.05, 0) is 14.1 Å². The number of allylic oxidation sites excluding steroid dienone is 1. The van der Waals surface area contributed by atoms with Crippen molar-refractivity contribution in [2.75, 3.05) is 27.2 Å². The molecule has 4 heteroatoms. The van der Waals surface area contributed by atoms with Crippen molar-refractivity contribution in [3.8, 4) is 0 Å². The zero-order chi connectivity index (χ0) is 10.4. The highest BCUT2D eigenvalue weighted by molar-refractivity contribution is 6.42. The van der Waals surface area contributed by atoms with E-state index in [2.05, 4.69) is 11.9 Å². The topological polar surface area (TPSA) is 49.4 Å². The van der Waals surface area contributed by atoms with Crippen LogP contribution in [0.3, 0.4) is 0 Å². The fourth-order valence-corrected chi connectivity index (χ4v) is 0.723. The molecule has 0 amide bonds. The second kappa shape index (κ2) is 5.48. The molecule has 0 aromatic heterocycles. The Kier molecular flexibility index (Phi) is 4.99. The van der Waals surface area contributed by atoms with Gasteiger partial charge in [0.05, 0.1) is 5.70 Å². The molecule has 0 saturated heterocycles. The number of rotatable bonds is 6. The van der Waals surface area contributed by atoms with Gasteiger partial charge in [0.2, 0.25) is 11.6 Å².